The van der Waals surface area contributed by atoms with Gasteiger partial charge in [-0.05, 0) is 95.1 Å². The summed E-state index contributed by atoms with van der Waals surface area (Å²) in [4.78, 5) is 51.4. The standard InChI is InChI=1S/C89H141N13O35/c1-81(2,3)136-79(106)91-67-70-73(131-84(9,10)128-70)88(59-125-76(67)134-88)56-119-43-40-115-37-34-112-31-28-109-25-21-101-46-63(95-98-101)50-122-53-86(93-65(103)19-16-23-117-48-61-17-14-13-15-18-61,52-121-49-62-45-100(97-94-62)20-24-108-27-30-111-33-36-114-39-42-118-55-87-58-124-75(133-87)66(90-78(104)105)69-72(87)130-83(7,8)127-69)54-123-51-64-47-102(99-96-64)22-26-110-29-32-113-35-38-116-41-44-120-57-89-60-126-77(135-89)68(92-80(107)137-82(4,5)6)71-74(89)132-85(11,12)129-71/h13-15,17-18,45-47,66-77,90H,16,19-44,48-60H2,1-12H3,(H,91,106)(H,92,107)(H,93,103)(H,104,105)/t66-,67-,68-,69-,70-,71-,72-,73-,74-,75+,76+,77+,87+,88+,89+/m1/s1. The topological polar surface area (TPSA) is 506 Å². The number of hydrogen-bond donors (Lipinski definition) is 5. The number of rotatable bonds is 64. The Hall–Kier alpha value is -7.20. The Balaban J connectivity index is 0.527. The van der Waals surface area contributed by atoms with Gasteiger partial charge >= 0.3 is 18.3 Å². The van der Waals surface area contributed by atoms with E-state index in [0.29, 0.717) is 169 Å². The number of ether oxygens (including phenoxy) is 30. The van der Waals surface area contributed by atoms with Gasteiger partial charge in [0.1, 0.15) is 105 Å². The lowest BCUT2D eigenvalue weighted by Gasteiger charge is -2.42. The number of nitrogens with one attached hydrogen (secondary N) is 4. The van der Waals surface area contributed by atoms with E-state index in [4.69, 9.17) is 142 Å². The maximum Gasteiger partial charge on any atom is 0.408 e. The van der Waals surface area contributed by atoms with Crippen LogP contribution in [0.1, 0.15) is 119 Å². The molecule has 12 heterocycles. The van der Waals surface area contributed by atoms with Crippen molar-refractivity contribution in [1.29, 1.82) is 0 Å². The van der Waals surface area contributed by atoms with Gasteiger partial charge in [0.25, 0.3) is 0 Å². The molecular weight excluding hydrogens is 1810 g/mol. The third kappa shape index (κ3) is 32.7. The Morgan fingerprint density at radius 3 is 1.02 bits per heavy atom. The minimum absolute atomic E-state index is 0.00702. The summed E-state index contributed by atoms with van der Waals surface area (Å²) < 4.78 is 186. The normalized spacial score (nSPS) is 27.4. The number of alkyl carbamates (subject to hydrolysis) is 2. The van der Waals surface area contributed by atoms with Crippen molar-refractivity contribution in [2.45, 2.75) is 267 Å². The maximum absolute atomic E-state index is 14.2. The Labute approximate surface area is 796 Å². The number of fused-ring (bicyclic) bond motifs is 12. The maximum atomic E-state index is 14.2. The SMILES string of the molecule is CC(C)(C)OC(=O)N[C@H]1[C@H]2OC[C@](COCCOCCOCCOCCn3cc(COCC(COCc4cn(CCOCCOCCOCCOC[C@@]56CO[C@@H](O5)[C@H](NC(=O)O)[C@H]5OC(C)(C)O[C@H]56)nn4)(COCc4cn(CCOCCOCCOCCOC[C@@]56CO[C@@H](O5)[C@H](NC(=O)OC(C)(C)C)[C@H]5OC(C)(C)O[C@H]56)nn4)NC(=O)CCCOCc4ccccc4)nn3)(O2)[C@@H]2OC(C)(C)O[C@H]12. The van der Waals surface area contributed by atoms with Crippen LogP contribution in [-0.2, 0) is 193 Å². The van der Waals surface area contributed by atoms with Crippen molar-refractivity contribution in [1.82, 2.24) is 66.2 Å². The number of aromatic nitrogens is 9. The Morgan fingerprint density at radius 1 is 0.387 bits per heavy atom. The number of hydrogen-bond acceptors (Lipinski definition) is 40. The zero-order valence-electron chi connectivity index (χ0n) is 80.7. The number of benzene rings is 1. The van der Waals surface area contributed by atoms with Crippen LogP contribution >= 0.6 is 0 Å². The van der Waals surface area contributed by atoms with Crippen molar-refractivity contribution < 1.29 is 166 Å². The van der Waals surface area contributed by atoms with Gasteiger partial charge in [0.2, 0.25) is 5.91 Å². The zero-order valence-corrected chi connectivity index (χ0v) is 80.7. The van der Waals surface area contributed by atoms with Crippen LogP contribution < -0.4 is 21.3 Å². The van der Waals surface area contributed by atoms with Gasteiger partial charge in [-0.25, -0.2) is 28.4 Å². The van der Waals surface area contributed by atoms with Crippen molar-refractivity contribution in [2.24, 2.45) is 0 Å². The van der Waals surface area contributed by atoms with Crippen molar-refractivity contribution in [3.8, 4) is 0 Å². The fourth-order valence-corrected chi connectivity index (χ4v) is 16.8. The monoisotopic (exact) mass is 1950 g/mol. The molecule has 9 aliphatic heterocycles. The molecule has 0 radical (unpaired) electrons. The molecule has 9 saturated heterocycles. The van der Waals surface area contributed by atoms with E-state index in [1.807, 2.05) is 58.0 Å². The Morgan fingerprint density at radius 2 is 0.701 bits per heavy atom. The van der Waals surface area contributed by atoms with Gasteiger partial charge in [-0.2, -0.15) is 0 Å². The van der Waals surface area contributed by atoms with Crippen molar-refractivity contribution >= 4 is 24.2 Å². The first-order valence-electron chi connectivity index (χ1n) is 46.9. The molecule has 9 fully saturated rings. The summed E-state index contributed by atoms with van der Waals surface area (Å²) in [7, 11) is 0. The lowest BCUT2D eigenvalue weighted by atomic mass is 9.88. The smallest absolute Gasteiger partial charge is 0.408 e. The molecule has 15 atom stereocenters. The lowest BCUT2D eigenvalue weighted by Crippen LogP contribution is -2.65. The van der Waals surface area contributed by atoms with E-state index < -0.39 is 143 Å². The van der Waals surface area contributed by atoms with E-state index in [1.54, 1.807) is 88.0 Å². The number of carboxylic acid groups (broad SMARTS) is 1. The van der Waals surface area contributed by atoms with Crippen LogP contribution in [0.5, 0.6) is 0 Å². The molecule has 3 aromatic heterocycles. The van der Waals surface area contributed by atoms with Crippen LogP contribution in [0.25, 0.3) is 0 Å². The molecular formula is C89H141N13O35. The highest BCUT2D eigenvalue weighted by molar-refractivity contribution is 5.77. The molecule has 0 aliphatic carbocycles. The quantitative estimate of drug-likeness (QED) is 0.0397. The summed E-state index contributed by atoms with van der Waals surface area (Å²) in [5.74, 6) is -3.11. The largest absolute Gasteiger partial charge is 0.465 e. The zero-order chi connectivity index (χ0) is 97.0. The van der Waals surface area contributed by atoms with Crippen LogP contribution in [0.3, 0.4) is 0 Å². The van der Waals surface area contributed by atoms with Gasteiger partial charge in [0.05, 0.1) is 263 Å². The molecule has 9 aliphatic rings. The van der Waals surface area contributed by atoms with E-state index in [0.717, 1.165) is 5.56 Å². The summed E-state index contributed by atoms with van der Waals surface area (Å²) in [6.45, 7) is 30.7. The van der Waals surface area contributed by atoms with E-state index in [1.165, 1.54) is 0 Å². The second kappa shape index (κ2) is 50.6. The number of amides is 4. The molecule has 48 heteroatoms. The predicted octanol–water partition coefficient (Wildman–Crippen LogP) is 2.82. The van der Waals surface area contributed by atoms with E-state index in [2.05, 4.69) is 52.2 Å². The highest BCUT2D eigenvalue weighted by Crippen LogP contribution is 2.50. The van der Waals surface area contributed by atoms with Crippen molar-refractivity contribution in [3.05, 3.63) is 71.6 Å². The van der Waals surface area contributed by atoms with E-state index >= 15 is 0 Å². The summed E-state index contributed by atoms with van der Waals surface area (Å²) in [6, 6.07) is 7.68. The molecule has 137 heavy (non-hydrogen) atoms. The predicted molar refractivity (Wildman–Crippen MR) is 468 cm³/mol. The highest BCUT2D eigenvalue weighted by Gasteiger charge is 2.69. The third-order valence-corrected chi connectivity index (χ3v) is 22.7. The average molecular weight is 1950 g/mol. The number of carbonyl (C=O) groups is 4. The number of carbonyl (C=O) groups excluding carboxylic acids is 3. The molecule has 0 unspecified atom stereocenters. The van der Waals surface area contributed by atoms with Crippen LogP contribution in [0, 0.1) is 0 Å². The fourth-order valence-electron chi connectivity index (χ4n) is 16.8. The summed E-state index contributed by atoms with van der Waals surface area (Å²) in [5, 5.41) is 46.9. The highest BCUT2D eigenvalue weighted by atomic mass is 16.8. The van der Waals surface area contributed by atoms with E-state index in [-0.39, 0.29) is 118 Å². The summed E-state index contributed by atoms with van der Waals surface area (Å²) in [5.41, 5.74) is -3.01. The first-order valence-corrected chi connectivity index (χ1v) is 46.9. The molecule has 6 bridgehead atoms. The lowest BCUT2D eigenvalue weighted by molar-refractivity contribution is -0.213. The average Bonchev–Trinajstić information content (AvgIpc) is 1.57. The minimum Gasteiger partial charge on any atom is -0.465 e. The molecule has 13 rings (SSSR count). The van der Waals surface area contributed by atoms with Gasteiger partial charge in [0, 0.05) is 13.0 Å². The molecule has 48 nitrogen and oxygen atoms in total. The van der Waals surface area contributed by atoms with Crippen LogP contribution in [-0.4, -0.2) is 404 Å². The first-order chi connectivity index (χ1) is 65.7. The van der Waals surface area contributed by atoms with Gasteiger partial charge in [-0.1, -0.05) is 46.0 Å². The van der Waals surface area contributed by atoms with Gasteiger partial charge in [0.15, 0.2) is 36.2 Å². The summed E-state index contributed by atoms with van der Waals surface area (Å²) >= 11 is 0. The van der Waals surface area contributed by atoms with Crippen LogP contribution in [0.4, 0.5) is 14.4 Å². The molecule has 4 amide bonds. The van der Waals surface area contributed by atoms with E-state index in [9.17, 15) is 24.3 Å². The van der Waals surface area contributed by atoms with Gasteiger partial charge < -0.3 is 168 Å². The first kappa shape index (κ1) is 107. The fraction of sp³-hybridized carbons (Fsp3) is 0.820. The molecule has 772 valence electrons. The molecule has 5 N–H and O–H groups in total. The van der Waals surface area contributed by atoms with Crippen LogP contribution in [0.15, 0.2) is 48.9 Å². The van der Waals surface area contributed by atoms with Crippen molar-refractivity contribution in [2.75, 3.05) is 205 Å². The van der Waals surface area contributed by atoms with Crippen LogP contribution in [0.2, 0.25) is 0 Å². The minimum atomic E-state index is -1.29. The third-order valence-electron chi connectivity index (χ3n) is 22.7. The van der Waals surface area contributed by atoms with Gasteiger partial charge in [-0.3, -0.25) is 4.79 Å². The van der Waals surface area contributed by atoms with Crippen molar-refractivity contribution in [3.63, 3.8) is 0 Å². The molecule has 0 saturated carbocycles. The Bertz CT molecular complexity index is 4130. The van der Waals surface area contributed by atoms with Gasteiger partial charge in [-0.15, -0.1) is 15.3 Å². The molecule has 1 aromatic carbocycles. The second-order valence-corrected chi connectivity index (χ2v) is 38.0. The number of nitrogens with zero attached hydrogens (tertiary/aromatic N) is 9. The summed E-state index contributed by atoms with van der Waals surface area (Å²) in [6.07, 6.45) is -2.62. The second-order valence-electron chi connectivity index (χ2n) is 38.0. The molecule has 4 aromatic rings. The molecule has 0 spiro atoms. The Kier molecular flexibility index (Phi) is 39.6.